The average Bonchev–Trinajstić information content (AvgIpc) is 3.25. The molecule has 3 aromatic rings. The summed E-state index contributed by atoms with van der Waals surface area (Å²) < 4.78 is 2.88. The van der Waals surface area contributed by atoms with Gasteiger partial charge in [-0.05, 0) is 65.0 Å². The Labute approximate surface area is 176 Å². The molecular formula is C20H28ClN5OS. The highest BCUT2D eigenvalue weighted by Gasteiger charge is 2.25. The van der Waals surface area contributed by atoms with E-state index in [1.807, 2.05) is 27.9 Å². The van der Waals surface area contributed by atoms with Gasteiger partial charge in [-0.3, -0.25) is 14.4 Å². The Balaban J connectivity index is 0.00000280. The summed E-state index contributed by atoms with van der Waals surface area (Å²) in [6.07, 6.45) is 1.68. The van der Waals surface area contributed by atoms with Crippen molar-refractivity contribution < 1.29 is 4.79 Å². The molecule has 0 fully saturated rings. The Morgan fingerprint density at radius 2 is 1.89 bits per heavy atom. The monoisotopic (exact) mass is 421 g/mol. The molecule has 8 heteroatoms. The lowest BCUT2D eigenvalue weighted by Gasteiger charge is -2.22. The van der Waals surface area contributed by atoms with Crippen molar-refractivity contribution in [3.8, 4) is 0 Å². The molecule has 0 saturated heterocycles. The van der Waals surface area contributed by atoms with E-state index in [0.29, 0.717) is 12.2 Å². The number of fused-ring (bicyclic) bond motifs is 1. The molecule has 2 aromatic heterocycles. The lowest BCUT2D eigenvalue weighted by atomic mass is 10.1. The second-order valence-electron chi connectivity index (χ2n) is 7.37. The highest BCUT2D eigenvalue weighted by molar-refractivity contribution is 7.22. The van der Waals surface area contributed by atoms with Crippen molar-refractivity contribution >= 4 is 45.0 Å². The number of thiazole rings is 1. The van der Waals surface area contributed by atoms with Crippen LogP contribution in [0.15, 0.2) is 24.4 Å². The maximum absolute atomic E-state index is 13.4. The van der Waals surface area contributed by atoms with E-state index in [2.05, 4.69) is 36.0 Å². The van der Waals surface area contributed by atoms with Crippen LogP contribution < -0.4 is 4.90 Å². The summed E-state index contributed by atoms with van der Waals surface area (Å²) in [4.78, 5) is 22.1. The van der Waals surface area contributed by atoms with Gasteiger partial charge in [-0.1, -0.05) is 17.4 Å². The number of likely N-dealkylation sites (N-methyl/N-ethyl adjacent to an activating group) is 1. The Morgan fingerprint density at radius 1 is 1.18 bits per heavy atom. The molecule has 0 aliphatic heterocycles. The molecule has 0 N–H and O–H groups in total. The number of carbonyl (C=O) groups is 1. The molecule has 0 radical (unpaired) electrons. The number of amides is 1. The fraction of sp³-hybridized carbons (Fsp3) is 0.450. The number of halogens is 1. The molecule has 0 atom stereocenters. The van der Waals surface area contributed by atoms with Crippen LogP contribution in [0.3, 0.4) is 0 Å². The Kier molecular flexibility index (Phi) is 7.20. The van der Waals surface area contributed by atoms with E-state index in [0.717, 1.165) is 21.9 Å². The first kappa shape index (κ1) is 22.3. The molecular weight excluding hydrogens is 394 g/mol. The molecule has 0 unspecified atom stereocenters. The van der Waals surface area contributed by atoms with Gasteiger partial charge in [-0.15, -0.1) is 12.4 Å². The van der Waals surface area contributed by atoms with E-state index in [1.54, 1.807) is 33.2 Å². The lowest BCUT2D eigenvalue weighted by molar-refractivity contribution is 0.0973. The zero-order valence-corrected chi connectivity index (χ0v) is 18.9. The molecule has 152 valence electrons. The van der Waals surface area contributed by atoms with Crippen molar-refractivity contribution in [2.45, 2.75) is 33.7 Å². The number of rotatable bonds is 6. The third-order valence-corrected chi connectivity index (χ3v) is 5.74. The van der Waals surface area contributed by atoms with E-state index in [-0.39, 0.29) is 24.4 Å². The smallest absolute Gasteiger partial charge is 0.278 e. The largest absolute Gasteiger partial charge is 0.308 e. The van der Waals surface area contributed by atoms with Crippen molar-refractivity contribution in [3.63, 3.8) is 0 Å². The van der Waals surface area contributed by atoms with Crippen LogP contribution in [0.25, 0.3) is 10.2 Å². The molecule has 0 spiro atoms. The van der Waals surface area contributed by atoms with E-state index >= 15 is 0 Å². The second-order valence-corrected chi connectivity index (χ2v) is 8.37. The third kappa shape index (κ3) is 4.37. The summed E-state index contributed by atoms with van der Waals surface area (Å²) in [5.41, 5.74) is 3.96. The normalized spacial score (nSPS) is 11.3. The first-order valence-corrected chi connectivity index (χ1v) is 9.98. The minimum absolute atomic E-state index is 0. The van der Waals surface area contributed by atoms with Crippen molar-refractivity contribution in [2.24, 2.45) is 0 Å². The Hall–Kier alpha value is -1.96. The summed E-state index contributed by atoms with van der Waals surface area (Å²) in [5, 5.41) is 5.06. The fourth-order valence-corrected chi connectivity index (χ4v) is 4.00. The molecule has 28 heavy (non-hydrogen) atoms. The van der Waals surface area contributed by atoms with Crippen LogP contribution in [0.2, 0.25) is 0 Å². The number of carbonyl (C=O) groups excluding carboxylic acids is 1. The Morgan fingerprint density at radius 3 is 2.54 bits per heavy atom. The molecule has 1 amide bonds. The zero-order valence-electron chi connectivity index (χ0n) is 17.3. The van der Waals surface area contributed by atoms with Crippen molar-refractivity contribution in [1.82, 2.24) is 19.7 Å². The standard InChI is InChI=1S/C20H27N5OS.ClH/c1-13(2)25-16(9-10-21-25)19(26)24(12-11-23(5)6)20-22-18-15(4)14(3)7-8-17(18)27-20;/h7-10,13H,11-12H2,1-6H3;1H. The van der Waals surface area contributed by atoms with Crippen LogP contribution in [-0.2, 0) is 0 Å². The van der Waals surface area contributed by atoms with Crippen molar-refractivity contribution in [3.05, 3.63) is 41.2 Å². The minimum atomic E-state index is -0.0588. The average molecular weight is 422 g/mol. The Bertz CT molecular complexity index is 963. The molecule has 6 nitrogen and oxygen atoms in total. The molecule has 0 bridgehead atoms. The molecule has 1 aromatic carbocycles. The maximum Gasteiger partial charge on any atom is 0.278 e. The molecule has 0 aliphatic rings. The highest BCUT2D eigenvalue weighted by Crippen LogP contribution is 2.32. The third-order valence-electron chi connectivity index (χ3n) is 4.70. The van der Waals surface area contributed by atoms with E-state index < -0.39 is 0 Å². The van der Waals surface area contributed by atoms with E-state index in [4.69, 9.17) is 4.98 Å². The van der Waals surface area contributed by atoms with Crippen molar-refractivity contribution in [1.29, 1.82) is 0 Å². The fourth-order valence-electron chi connectivity index (χ4n) is 2.95. The van der Waals surface area contributed by atoms with Crippen LogP contribution in [0.1, 0.15) is 41.5 Å². The summed E-state index contributed by atoms with van der Waals surface area (Å²) in [6, 6.07) is 6.11. The van der Waals surface area contributed by atoms with E-state index in [1.165, 1.54) is 11.1 Å². The van der Waals surface area contributed by atoms with Crippen molar-refractivity contribution in [2.75, 3.05) is 32.1 Å². The number of aromatic nitrogens is 3. The van der Waals surface area contributed by atoms with Crippen LogP contribution in [0, 0.1) is 13.8 Å². The first-order valence-electron chi connectivity index (χ1n) is 9.16. The van der Waals surface area contributed by atoms with Gasteiger partial charge in [0.1, 0.15) is 5.69 Å². The number of nitrogens with zero attached hydrogens (tertiary/aromatic N) is 5. The molecule has 2 heterocycles. The molecule has 3 rings (SSSR count). The summed E-state index contributed by atoms with van der Waals surface area (Å²) in [6.45, 7) is 9.56. The number of hydrogen-bond acceptors (Lipinski definition) is 5. The number of benzene rings is 1. The molecule has 0 saturated carbocycles. The quantitative estimate of drug-likeness (QED) is 0.594. The summed E-state index contributed by atoms with van der Waals surface area (Å²) in [5.74, 6) is -0.0588. The van der Waals surface area contributed by atoms with E-state index in [9.17, 15) is 4.79 Å². The minimum Gasteiger partial charge on any atom is -0.308 e. The van der Waals surface area contributed by atoms with Crippen LogP contribution in [-0.4, -0.2) is 52.8 Å². The first-order chi connectivity index (χ1) is 12.8. The topological polar surface area (TPSA) is 54.3 Å². The maximum atomic E-state index is 13.4. The van der Waals surface area contributed by atoms with Gasteiger partial charge in [0.2, 0.25) is 0 Å². The lowest BCUT2D eigenvalue weighted by Crippen LogP contribution is -2.38. The highest BCUT2D eigenvalue weighted by atomic mass is 35.5. The second kappa shape index (κ2) is 9.03. The van der Waals surface area contributed by atoms with Gasteiger partial charge in [0.15, 0.2) is 5.13 Å². The van der Waals surface area contributed by atoms with Gasteiger partial charge < -0.3 is 4.90 Å². The predicted octanol–water partition coefficient (Wildman–Crippen LogP) is 4.32. The van der Waals surface area contributed by atoms with Gasteiger partial charge in [0.05, 0.1) is 10.2 Å². The SMILES string of the molecule is Cc1ccc2sc(N(CCN(C)C)C(=O)c3ccnn3C(C)C)nc2c1C.Cl. The number of anilines is 1. The van der Waals surface area contributed by atoms with Crippen LogP contribution in [0.5, 0.6) is 0 Å². The van der Waals surface area contributed by atoms with Gasteiger partial charge in [-0.25, -0.2) is 4.98 Å². The van der Waals surface area contributed by atoms with Gasteiger partial charge >= 0.3 is 0 Å². The van der Waals surface area contributed by atoms with Crippen LogP contribution >= 0.6 is 23.7 Å². The number of aryl methyl sites for hydroxylation is 2. The van der Waals surface area contributed by atoms with Gasteiger partial charge in [0.25, 0.3) is 5.91 Å². The predicted molar refractivity (Wildman–Crippen MR) is 119 cm³/mol. The van der Waals surface area contributed by atoms with Gasteiger partial charge in [-0.2, -0.15) is 5.10 Å². The number of hydrogen-bond donors (Lipinski definition) is 0. The van der Waals surface area contributed by atoms with Gasteiger partial charge in [0, 0.05) is 25.3 Å². The van der Waals surface area contributed by atoms with Crippen LogP contribution in [0.4, 0.5) is 5.13 Å². The zero-order chi connectivity index (χ0) is 19.7. The summed E-state index contributed by atoms with van der Waals surface area (Å²) >= 11 is 1.57. The summed E-state index contributed by atoms with van der Waals surface area (Å²) in [7, 11) is 4.01. The molecule has 0 aliphatic carbocycles.